The Morgan fingerprint density at radius 3 is 2.33 bits per heavy atom. The minimum absolute atomic E-state index is 0.180. The second-order valence-corrected chi connectivity index (χ2v) is 5.26. The van der Waals surface area contributed by atoms with Crippen LogP contribution in [0, 0.1) is 6.92 Å². The average molecular weight is 263 g/mol. The van der Waals surface area contributed by atoms with Crippen molar-refractivity contribution in [2.75, 3.05) is 0 Å². The third-order valence-corrected chi connectivity index (χ3v) is 3.79. The lowest BCUT2D eigenvalue weighted by atomic mass is 10.0. The topological polar surface area (TPSA) is 33.1 Å². The second-order valence-electron chi connectivity index (χ2n) is 4.02. The van der Waals surface area contributed by atoms with Crippen LogP contribution in [0.15, 0.2) is 30.3 Å². The van der Waals surface area contributed by atoms with Gasteiger partial charge in [-0.05, 0) is 18.9 Å². The van der Waals surface area contributed by atoms with Crippen LogP contribution in [0.4, 0.5) is 0 Å². The van der Waals surface area contributed by atoms with Gasteiger partial charge >= 0.3 is 0 Å². The fraction of sp³-hybridized carbons (Fsp3) is 0.400. The van der Waals surface area contributed by atoms with Gasteiger partial charge in [-0.25, -0.2) is 4.98 Å². The first kappa shape index (κ1) is 14.7. The van der Waals surface area contributed by atoms with Crippen molar-refractivity contribution in [1.82, 2.24) is 4.98 Å². The largest absolute Gasteiger partial charge is 0.492 e. The van der Waals surface area contributed by atoms with Crippen LogP contribution in [0.25, 0.3) is 0 Å². The molecule has 0 aliphatic carbocycles. The van der Waals surface area contributed by atoms with Gasteiger partial charge in [0.25, 0.3) is 0 Å². The molecule has 1 atom stereocenters. The first-order valence-corrected chi connectivity index (χ1v) is 7.18. The van der Waals surface area contributed by atoms with Crippen LogP contribution in [0.5, 0.6) is 5.88 Å². The maximum atomic E-state index is 9.45. The fourth-order valence-electron chi connectivity index (χ4n) is 1.67. The molecule has 2 rings (SSSR count). The Kier molecular flexibility index (Phi) is 5.86. The van der Waals surface area contributed by atoms with E-state index in [0.29, 0.717) is 5.92 Å². The van der Waals surface area contributed by atoms with E-state index < -0.39 is 0 Å². The molecule has 98 valence electrons. The van der Waals surface area contributed by atoms with Crippen molar-refractivity contribution in [3.63, 3.8) is 0 Å². The lowest BCUT2D eigenvalue weighted by Crippen LogP contribution is -1.97. The van der Waals surface area contributed by atoms with E-state index in [9.17, 15) is 5.11 Å². The second kappa shape index (κ2) is 7.17. The molecule has 1 aromatic carbocycles. The number of thiazole rings is 1. The molecule has 1 aromatic heterocycles. The molecule has 0 aliphatic rings. The molecule has 0 saturated carbocycles. The Morgan fingerprint density at radius 2 is 1.83 bits per heavy atom. The van der Waals surface area contributed by atoms with Crippen LogP contribution >= 0.6 is 11.3 Å². The van der Waals surface area contributed by atoms with Crippen LogP contribution < -0.4 is 0 Å². The zero-order valence-electron chi connectivity index (χ0n) is 11.5. The highest BCUT2D eigenvalue weighted by Crippen LogP contribution is 2.29. The Balaban J connectivity index is 0.000000771. The van der Waals surface area contributed by atoms with E-state index in [1.54, 1.807) is 11.3 Å². The van der Waals surface area contributed by atoms with Crippen molar-refractivity contribution in [2.45, 2.75) is 40.0 Å². The highest BCUT2D eigenvalue weighted by atomic mass is 32.1. The fourth-order valence-corrected chi connectivity index (χ4v) is 2.54. The van der Waals surface area contributed by atoms with Crippen molar-refractivity contribution < 1.29 is 5.11 Å². The standard InChI is InChI=1S/C13H15NOS.C2H6/c1-9(8-11-6-4-3-5-7-11)13-14-12(15)10(2)16-13;1-2/h3-7,9,15H,8H2,1-2H3;1-2H3. The number of hydrogen-bond donors (Lipinski definition) is 1. The molecule has 0 saturated heterocycles. The van der Waals surface area contributed by atoms with E-state index in [1.807, 2.05) is 39.0 Å². The predicted octanol–water partition coefficient (Wildman–Crippen LogP) is 4.53. The maximum absolute atomic E-state index is 9.45. The third kappa shape index (κ3) is 3.84. The predicted molar refractivity (Wildman–Crippen MR) is 78.4 cm³/mol. The number of rotatable bonds is 3. The number of aryl methyl sites for hydroxylation is 1. The summed E-state index contributed by atoms with van der Waals surface area (Å²) in [6.07, 6.45) is 0.966. The van der Waals surface area contributed by atoms with E-state index in [2.05, 4.69) is 24.0 Å². The quantitative estimate of drug-likeness (QED) is 0.882. The lowest BCUT2D eigenvalue weighted by molar-refractivity contribution is 0.451. The molecule has 2 nitrogen and oxygen atoms in total. The molecule has 0 fully saturated rings. The van der Waals surface area contributed by atoms with Crippen molar-refractivity contribution in [3.05, 3.63) is 45.8 Å². The Bertz CT molecular complexity index is 445. The van der Waals surface area contributed by atoms with Crippen LogP contribution in [-0.2, 0) is 6.42 Å². The molecule has 2 aromatic rings. The monoisotopic (exact) mass is 263 g/mol. The molecular weight excluding hydrogens is 242 g/mol. The lowest BCUT2D eigenvalue weighted by Gasteiger charge is -2.07. The van der Waals surface area contributed by atoms with E-state index in [1.165, 1.54) is 5.56 Å². The molecule has 0 spiro atoms. The van der Waals surface area contributed by atoms with Gasteiger partial charge in [-0.3, -0.25) is 0 Å². The van der Waals surface area contributed by atoms with Gasteiger partial charge in [-0.1, -0.05) is 51.1 Å². The summed E-state index contributed by atoms with van der Waals surface area (Å²) in [6, 6.07) is 10.4. The third-order valence-electron chi connectivity index (χ3n) is 2.59. The molecule has 0 aliphatic heterocycles. The van der Waals surface area contributed by atoms with E-state index in [0.717, 1.165) is 16.3 Å². The maximum Gasteiger partial charge on any atom is 0.225 e. The summed E-state index contributed by atoms with van der Waals surface area (Å²) in [4.78, 5) is 5.08. The molecular formula is C15H21NOS. The van der Waals surface area contributed by atoms with Crippen LogP contribution in [0.1, 0.15) is 42.1 Å². The summed E-state index contributed by atoms with van der Waals surface area (Å²) in [6.45, 7) is 8.04. The van der Waals surface area contributed by atoms with Crippen LogP contribution in [-0.4, -0.2) is 10.1 Å². The van der Waals surface area contributed by atoms with Gasteiger partial charge in [-0.2, -0.15) is 0 Å². The number of aromatic hydroxyl groups is 1. The van der Waals surface area contributed by atoms with E-state index >= 15 is 0 Å². The number of hydrogen-bond acceptors (Lipinski definition) is 3. The summed E-state index contributed by atoms with van der Waals surface area (Å²) < 4.78 is 0. The minimum atomic E-state index is 0.180. The van der Waals surface area contributed by atoms with Crippen molar-refractivity contribution in [3.8, 4) is 5.88 Å². The molecule has 0 amide bonds. The SMILES string of the molecule is CC.Cc1sc(C(C)Cc2ccccc2)nc1O. The normalized spacial score (nSPS) is 11.6. The summed E-state index contributed by atoms with van der Waals surface area (Å²) >= 11 is 1.58. The van der Waals surface area contributed by atoms with Crippen molar-refractivity contribution >= 4 is 11.3 Å². The summed E-state index contributed by atoms with van der Waals surface area (Å²) in [7, 11) is 0. The molecule has 1 N–H and O–H groups in total. The van der Waals surface area contributed by atoms with Crippen LogP contribution in [0.3, 0.4) is 0 Å². The summed E-state index contributed by atoms with van der Waals surface area (Å²) in [5.74, 6) is 0.534. The number of benzene rings is 1. The van der Waals surface area contributed by atoms with Gasteiger partial charge in [0, 0.05) is 5.92 Å². The van der Waals surface area contributed by atoms with E-state index in [4.69, 9.17) is 0 Å². The number of nitrogens with zero attached hydrogens (tertiary/aromatic N) is 1. The smallest absolute Gasteiger partial charge is 0.225 e. The molecule has 18 heavy (non-hydrogen) atoms. The van der Waals surface area contributed by atoms with Gasteiger partial charge < -0.3 is 5.11 Å². The molecule has 1 heterocycles. The van der Waals surface area contributed by atoms with Gasteiger partial charge in [0.05, 0.1) is 4.88 Å². The first-order valence-electron chi connectivity index (χ1n) is 6.37. The van der Waals surface area contributed by atoms with Gasteiger partial charge in [0.1, 0.15) is 5.01 Å². The van der Waals surface area contributed by atoms with Gasteiger partial charge in [0.2, 0.25) is 5.88 Å². The Morgan fingerprint density at radius 1 is 1.22 bits per heavy atom. The Labute approximate surface area is 113 Å². The molecule has 3 heteroatoms. The number of aromatic nitrogens is 1. The van der Waals surface area contributed by atoms with Gasteiger partial charge in [-0.15, -0.1) is 11.3 Å². The zero-order valence-corrected chi connectivity index (χ0v) is 12.3. The minimum Gasteiger partial charge on any atom is -0.492 e. The van der Waals surface area contributed by atoms with Crippen molar-refractivity contribution in [2.24, 2.45) is 0 Å². The first-order chi connectivity index (χ1) is 8.66. The average Bonchev–Trinajstić information content (AvgIpc) is 2.73. The molecule has 0 radical (unpaired) electrons. The highest BCUT2D eigenvalue weighted by Gasteiger charge is 2.13. The summed E-state index contributed by atoms with van der Waals surface area (Å²) in [5, 5.41) is 10.5. The van der Waals surface area contributed by atoms with E-state index in [-0.39, 0.29) is 5.88 Å². The van der Waals surface area contributed by atoms with Gasteiger partial charge in [0.15, 0.2) is 0 Å². The van der Waals surface area contributed by atoms with Crippen molar-refractivity contribution in [1.29, 1.82) is 0 Å². The molecule has 0 bridgehead atoms. The highest BCUT2D eigenvalue weighted by molar-refractivity contribution is 7.11. The summed E-state index contributed by atoms with van der Waals surface area (Å²) in [5.41, 5.74) is 1.31. The van der Waals surface area contributed by atoms with Crippen LogP contribution in [0.2, 0.25) is 0 Å². The molecule has 1 unspecified atom stereocenters. The zero-order chi connectivity index (χ0) is 13.5. The Hall–Kier alpha value is -1.35.